The van der Waals surface area contributed by atoms with E-state index in [2.05, 4.69) is 50.3 Å². The zero-order valence-electron chi connectivity index (χ0n) is 55.2. The number of carbonyl (C=O) groups is 3. The number of rotatable bonds is 67. The van der Waals surface area contributed by atoms with E-state index < -0.39 is 24.3 Å². The van der Waals surface area contributed by atoms with Gasteiger partial charge in [0.05, 0.1) is 34.4 Å². The average molecular weight is 1160 g/mol. The van der Waals surface area contributed by atoms with E-state index in [0.29, 0.717) is 23.9 Å². The minimum Gasteiger partial charge on any atom is -0.477 e. The van der Waals surface area contributed by atoms with Crippen LogP contribution >= 0.6 is 0 Å². The second kappa shape index (κ2) is 64.5. The summed E-state index contributed by atoms with van der Waals surface area (Å²) in [5.74, 6) is -2.00. The first-order chi connectivity index (χ1) is 40.1. The van der Waals surface area contributed by atoms with Crippen LogP contribution in [-0.4, -0.2) is 87.4 Å². The van der Waals surface area contributed by atoms with Gasteiger partial charge in [-0.2, -0.15) is 0 Å². The first-order valence-electron chi connectivity index (χ1n) is 35.7. The highest BCUT2D eigenvalue weighted by atomic mass is 16.7. The van der Waals surface area contributed by atoms with Gasteiger partial charge in [-0.1, -0.05) is 333 Å². The molecule has 2 atom stereocenters. The van der Waals surface area contributed by atoms with Gasteiger partial charge in [-0.3, -0.25) is 9.59 Å². The smallest absolute Gasteiger partial charge is 0.361 e. The quantitative estimate of drug-likeness (QED) is 0.0211. The van der Waals surface area contributed by atoms with Gasteiger partial charge >= 0.3 is 17.9 Å². The molecule has 482 valence electrons. The van der Waals surface area contributed by atoms with Crippen LogP contribution in [0.2, 0.25) is 0 Å². The molecule has 0 saturated heterocycles. The zero-order valence-corrected chi connectivity index (χ0v) is 55.2. The molecule has 0 aromatic rings. The highest BCUT2D eigenvalue weighted by Crippen LogP contribution is 2.19. The van der Waals surface area contributed by atoms with Crippen molar-refractivity contribution < 1.29 is 42.9 Å². The highest BCUT2D eigenvalue weighted by Gasteiger charge is 2.25. The average Bonchev–Trinajstić information content (AvgIpc) is 3.45. The third-order valence-electron chi connectivity index (χ3n) is 16.2. The molecule has 0 rings (SSSR count). The second-order valence-corrected chi connectivity index (χ2v) is 25.5. The van der Waals surface area contributed by atoms with Crippen molar-refractivity contribution in [1.82, 2.24) is 0 Å². The molecule has 0 aliphatic rings. The van der Waals surface area contributed by atoms with Crippen molar-refractivity contribution in [3.8, 4) is 0 Å². The summed E-state index contributed by atoms with van der Waals surface area (Å²) in [5, 5.41) is 9.72. The van der Waals surface area contributed by atoms with E-state index in [4.69, 9.17) is 18.9 Å². The number of allylic oxidation sites excluding steroid dienone is 6. The van der Waals surface area contributed by atoms with E-state index in [1.807, 2.05) is 21.1 Å². The van der Waals surface area contributed by atoms with Crippen molar-refractivity contribution in [2.24, 2.45) is 0 Å². The predicted octanol–water partition coefficient (Wildman–Crippen LogP) is 22.0. The predicted molar refractivity (Wildman–Crippen MR) is 351 cm³/mol. The number of carboxylic acids is 1. The van der Waals surface area contributed by atoms with E-state index in [1.54, 1.807) is 0 Å². The van der Waals surface area contributed by atoms with Crippen molar-refractivity contribution in [2.75, 3.05) is 47.5 Å². The normalized spacial score (nSPS) is 12.8. The molecule has 0 saturated carbocycles. The molecule has 0 aromatic heterocycles. The number of quaternary nitrogens is 1. The Labute approximate surface area is 509 Å². The molecule has 2 unspecified atom stereocenters. The summed E-state index contributed by atoms with van der Waals surface area (Å²) in [6, 6.07) is 0. The summed E-state index contributed by atoms with van der Waals surface area (Å²) in [4.78, 5) is 37.5. The lowest BCUT2D eigenvalue weighted by Crippen LogP contribution is -2.40. The Kier molecular flexibility index (Phi) is 62.5. The SMILES string of the molecule is CC/C=C\C/C=C\C/C=C\CCCCCCCCCC(=O)OC(COC(=O)CCCCCCCCCCCCCCCCCCCCCCCCCCCCCCCCCCCCCCCCCC)COC(OCC[N+](C)(C)C)C(=O)O. The van der Waals surface area contributed by atoms with Gasteiger partial charge in [0, 0.05) is 12.8 Å². The minimum absolute atomic E-state index is 0.182. The number of hydrogen-bond donors (Lipinski definition) is 1. The van der Waals surface area contributed by atoms with Crippen LogP contribution in [0.3, 0.4) is 0 Å². The number of ether oxygens (including phenoxy) is 4. The third kappa shape index (κ3) is 65.1. The lowest BCUT2D eigenvalue weighted by Gasteiger charge is -2.25. The van der Waals surface area contributed by atoms with Crippen molar-refractivity contribution in [2.45, 2.75) is 367 Å². The van der Waals surface area contributed by atoms with Crippen LogP contribution in [0.25, 0.3) is 0 Å². The number of likely N-dealkylation sites (N-methyl/N-ethyl adjacent to an activating group) is 1. The van der Waals surface area contributed by atoms with Crippen LogP contribution in [0, 0.1) is 0 Å². The van der Waals surface area contributed by atoms with Gasteiger partial charge in [-0.25, -0.2) is 4.79 Å². The second-order valence-electron chi connectivity index (χ2n) is 25.5. The standard InChI is InChI=1S/C73H137NO8/c1-6-8-10-12-14-16-18-20-22-24-25-26-27-28-29-30-31-32-33-34-35-36-37-38-39-40-41-42-43-44-45-46-48-49-51-53-55-57-59-61-63-70(75)80-67-69(68-81-73(72(77)78)79-66-65-74(3,4)5)82-71(76)64-62-60-58-56-54-52-50-47-23-21-19-17-15-13-11-9-7-2/h9,11,15,17,21,23,69,73H,6-8,10,12-14,16,18-20,22,24-68H2,1-5H3/p+1/b11-9-,17-15-,23-21-. The lowest BCUT2D eigenvalue weighted by atomic mass is 10.0. The highest BCUT2D eigenvalue weighted by molar-refractivity contribution is 5.71. The number of esters is 2. The molecule has 0 aliphatic heterocycles. The first kappa shape index (κ1) is 79.5. The largest absolute Gasteiger partial charge is 0.477 e. The summed E-state index contributed by atoms with van der Waals surface area (Å²) in [6.45, 7) is 4.81. The molecule has 0 aliphatic carbocycles. The van der Waals surface area contributed by atoms with Crippen molar-refractivity contribution in [3.63, 3.8) is 0 Å². The summed E-state index contributed by atoms with van der Waals surface area (Å²) >= 11 is 0. The van der Waals surface area contributed by atoms with Gasteiger partial charge in [0.25, 0.3) is 6.29 Å². The topological polar surface area (TPSA) is 108 Å². The molecule has 82 heavy (non-hydrogen) atoms. The fraction of sp³-hybridized carbons (Fsp3) is 0.877. The van der Waals surface area contributed by atoms with Gasteiger partial charge in [-0.15, -0.1) is 0 Å². The number of carboxylic acid groups (broad SMARTS) is 1. The van der Waals surface area contributed by atoms with E-state index in [0.717, 1.165) is 64.2 Å². The van der Waals surface area contributed by atoms with Crippen LogP contribution in [0.15, 0.2) is 36.5 Å². The lowest BCUT2D eigenvalue weighted by molar-refractivity contribution is -0.870. The number of unbranched alkanes of at least 4 members (excludes halogenated alkanes) is 46. The summed E-state index contributed by atoms with van der Waals surface area (Å²) in [7, 11) is 5.98. The number of aliphatic carboxylic acids is 1. The number of nitrogens with zero attached hydrogens (tertiary/aromatic N) is 1. The molecule has 0 radical (unpaired) electrons. The molecule has 0 bridgehead atoms. The van der Waals surface area contributed by atoms with E-state index in [9.17, 15) is 19.5 Å². The zero-order chi connectivity index (χ0) is 59.8. The molecule has 1 N–H and O–H groups in total. The molecule has 0 spiro atoms. The minimum atomic E-state index is -1.51. The molecular weight excluding hydrogens is 1020 g/mol. The third-order valence-corrected chi connectivity index (χ3v) is 16.2. The Morgan fingerprint density at radius 3 is 1.04 bits per heavy atom. The van der Waals surface area contributed by atoms with Crippen molar-refractivity contribution in [1.29, 1.82) is 0 Å². The maximum absolute atomic E-state index is 12.9. The van der Waals surface area contributed by atoms with Gasteiger partial charge in [-0.05, 0) is 44.9 Å². The van der Waals surface area contributed by atoms with Gasteiger partial charge < -0.3 is 28.5 Å². The van der Waals surface area contributed by atoms with Crippen LogP contribution < -0.4 is 0 Å². The first-order valence-corrected chi connectivity index (χ1v) is 35.7. The van der Waals surface area contributed by atoms with Crippen molar-refractivity contribution in [3.05, 3.63) is 36.5 Å². The van der Waals surface area contributed by atoms with E-state index in [1.165, 1.54) is 257 Å². The maximum Gasteiger partial charge on any atom is 0.361 e. The molecular formula is C73H138NO8+. The molecule has 0 aromatic carbocycles. The Morgan fingerprint density at radius 2 is 0.695 bits per heavy atom. The van der Waals surface area contributed by atoms with E-state index >= 15 is 0 Å². The molecule has 0 amide bonds. The summed E-state index contributed by atoms with van der Waals surface area (Å²) in [6.07, 6.45) is 78.7. The van der Waals surface area contributed by atoms with Gasteiger partial charge in [0.1, 0.15) is 13.2 Å². The Balaban J connectivity index is 3.89. The van der Waals surface area contributed by atoms with Crippen LogP contribution in [0.4, 0.5) is 0 Å². The van der Waals surface area contributed by atoms with Crippen LogP contribution in [0.5, 0.6) is 0 Å². The molecule has 9 nitrogen and oxygen atoms in total. The van der Waals surface area contributed by atoms with Gasteiger partial charge in [0.2, 0.25) is 0 Å². The Bertz CT molecular complexity index is 1440. The fourth-order valence-corrected chi connectivity index (χ4v) is 10.7. The maximum atomic E-state index is 12.9. The molecule has 0 heterocycles. The fourth-order valence-electron chi connectivity index (χ4n) is 10.7. The number of carbonyl (C=O) groups excluding carboxylic acids is 2. The Morgan fingerprint density at radius 1 is 0.378 bits per heavy atom. The van der Waals surface area contributed by atoms with Crippen LogP contribution in [0.1, 0.15) is 354 Å². The molecule has 9 heteroatoms. The number of hydrogen-bond acceptors (Lipinski definition) is 7. The molecule has 0 fully saturated rings. The monoisotopic (exact) mass is 1160 g/mol. The van der Waals surface area contributed by atoms with E-state index in [-0.39, 0.29) is 32.2 Å². The van der Waals surface area contributed by atoms with Crippen LogP contribution in [-0.2, 0) is 33.3 Å². The van der Waals surface area contributed by atoms with Crippen molar-refractivity contribution >= 4 is 17.9 Å². The summed E-state index contributed by atoms with van der Waals surface area (Å²) < 4.78 is 22.9. The van der Waals surface area contributed by atoms with Gasteiger partial charge in [0.15, 0.2) is 6.10 Å². The Hall–Kier alpha value is -2.49. The summed E-state index contributed by atoms with van der Waals surface area (Å²) in [5.41, 5.74) is 0.